The van der Waals surface area contributed by atoms with Crippen molar-refractivity contribution in [2.45, 2.75) is 25.8 Å². The van der Waals surface area contributed by atoms with Crippen LogP contribution < -0.4 is 15.4 Å². The van der Waals surface area contributed by atoms with Crippen LogP contribution in [0.15, 0.2) is 12.3 Å². The first-order valence-electron chi connectivity index (χ1n) is 7.01. The molecule has 7 heteroatoms. The van der Waals surface area contributed by atoms with Crippen LogP contribution in [0, 0.1) is 5.92 Å². The zero-order chi connectivity index (χ0) is 15.2. The number of pyridine rings is 1. The average molecular weight is 332 g/mol. The van der Waals surface area contributed by atoms with Gasteiger partial charge in [-0.05, 0) is 32.4 Å². The lowest BCUT2D eigenvalue weighted by Gasteiger charge is -2.27. The zero-order valence-corrected chi connectivity index (χ0v) is 13.4. The van der Waals surface area contributed by atoms with Gasteiger partial charge in [-0.2, -0.15) is 0 Å². The van der Waals surface area contributed by atoms with Crippen molar-refractivity contribution in [3.63, 3.8) is 0 Å². The highest BCUT2D eigenvalue weighted by Crippen LogP contribution is 2.24. The maximum absolute atomic E-state index is 12.0. The zero-order valence-electron chi connectivity index (χ0n) is 11.9. The Morgan fingerprint density at radius 1 is 1.57 bits per heavy atom. The summed E-state index contributed by atoms with van der Waals surface area (Å²) in [5.41, 5.74) is 0. The number of piperidine rings is 1. The van der Waals surface area contributed by atoms with Gasteiger partial charge in [-0.1, -0.05) is 23.2 Å². The fourth-order valence-electron chi connectivity index (χ4n) is 2.34. The number of carbonyl (C=O) groups is 1. The van der Waals surface area contributed by atoms with E-state index in [-0.39, 0.29) is 11.8 Å². The summed E-state index contributed by atoms with van der Waals surface area (Å²) in [7, 11) is 0. The second-order valence-corrected chi connectivity index (χ2v) is 6.00. The summed E-state index contributed by atoms with van der Waals surface area (Å²) in [6.45, 7) is 3.73. The molecule has 0 spiro atoms. The summed E-state index contributed by atoms with van der Waals surface area (Å²) in [6.07, 6.45) is 3.22. The number of carbonyl (C=O) groups excluding carboxylic acids is 1. The number of rotatable bonds is 5. The molecule has 5 nitrogen and oxygen atoms in total. The second kappa shape index (κ2) is 7.82. The lowest BCUT2D eigenvalue weighted by molar-refractivity contribution is -0.126. The molecule has 1 fully saturated rings. The lowest BCUT2D eigenvalue weighted by atomic mass is 9.92. The van der Waals surface area contributed by atoms with Crippen molar-refractivity contribution in [3.05, 3.63) is 22.3 Å². The minimum atomic E-state index is 0.0819. The first-order chi connectivity index (χ1) is 10.1. The van der Waals surface area contributed by atoms with Crippen LogP contribution in [0.25, 0.3) is 0 Å². The van der Waals surface area contributed by atoms with Gasteiger partial charge in [0, 0.05) is 18.2 Å². The molecule has 0 aromatic carbocycles. The number of hydrogen-bond donors (Lipinski definition) is 2. The topological polar surface area (TPSA) is 63.2 Å². The van der Waals surface area contributed by atoms with Gasteiger partial charge in [-0.25, -0.2) is 4.98 Å². The number of nitrogens with zero attached hydrogens (tertiary/aromatic N) is 1. The minimum absolute atomic E-state index is 0.0819. The summed E-state index contributed by atoms with van der Waals surface area (Å²) in [6, 6.07) is 1.96. The molecule has 0 bridgehead atoms. The molecule has 2 atom stereocenters. The standard InChI is InChI=1S/C14H19Cl2N3O2/c1-9-6-10(2-3-17-9)13(20)18-4-5-21-14-12(16)7-11(15)8-19-14/h7-10,17H,2-6H2,1H3,(H,18,20)/t9-,10-/m0/s1. The fraction of sp³-hybridized carbons (Fsp3) is 0.571. The minimum Gasteiger partial charge on any atom is -0.475 e. The van der Waals surface area contributed by atoms with E-state index in [4.69, 9.17) is 27.9 Å². The molecular weight excluding hydrogens is 313 g/mol. The van der Waals surface area contributed by atoms with Gasteiger partial charge in [0.05, 0.1) is 11.6 Å². The predicted molar refractivity (Wildman–Crippen MR) is 83.0 cm³/mol. The van der Waals surface area contributed by atoms with Gasteiger partial charge in [0.15, 0.2) is 0 Å². The fourth-order valence-corrected chi connectivity index (χ4v) is 2.78. The smallest absolute Gasteiger partial charge is 0.232 e. The van der Waals surface area contributed by atoms with Crippen molar-refractivity contribution >= 4 is 29.1 Å². The van der Waals surface area contributed by atoms with Crippen molar-refractivity contribution in [1.29, 1.82) is 0 Å². The van der Waals surface area contributed by atoms with Gasteiger partial charge < -0.3 is 15.4 Å². The van der Waals surface area contributed by atoms with E-state index < -0.39 is 0 Å². The first-order valence-corrected chi connectivity index (χ1v) is 7.77. The summed E-state index contributed by atoms with van der Waals surface area (Å²) >= 11 is 11.7. The summed E-state index contributed by atoms with van der Waals surface area (Å²) in [5.74, 6) is 0.492. The molecule has 1 amide bonds. The van der Waals surface area contributed by atoms with Gasteiger partial charge in [-0.3, -0.25) is 4.79 Å². The molecule has 0 unspecified atom stereocenters. The van der Waals surface area contributed by atoms with Gasteiger partial charge in [0.1, 0.15) is 11.6 Å². The molecule has 1 aromatic heterocycles. The number of aromatic nitrogens is 1. The molecule has 0 aliphatic carbocycles. The summed E-state index contributed by atoms with van der Waals surface area (Å²) in [5, 5.41) is 7.03. The van der Waals surface area contributed by atoms with Crippen LogP contribution in [-0.2, 0) is 4.79 Å². The number of halogens is 2. The van der Waals surface area contributed by atoms with Gasteiger partial charge in [0.2, 0.25) is 11.8 Å². The molecule has 2 N–H and O–H groups in total. The molecule has 0 radical (unpaired) electrons. The highest BCUT2D eigenvalue weighted by Gasteiger charge is 2.24. The molecule has 1 aliphatic rings. The first kappa shape index (κ1) is 16.3. The normalized spacial score (nSPS) is 21.9. The second-order valence-electron chi connectivity index (χ2n) is 5.16. The van der Waals surface area contributed by atoms with E-state index in [1.807, 2.05) is 0 Å². The molecular formula is C14H19Cl2N3O2. The van der Waals surface area contributed by atoms with Crippen molar-refractivity contribution in [1.82, 2.24) is 15.6 Å². The van der Waals surface area contributed by atoms with Crippen LogP contribution in [0.4, 0.5) is 0 Å². The van der Waals surface area contributed by atoms with E-state index in [1.165, 1.54) is 6.20 Å². The van der Waals surface area contributed by atoms with Crippen molar-refractivity contribution in [2.24, 2.45) is 5.92 Å². The molecule has 1 aliphatic heterocycles. The summed E-state index contributed by atoms with van der Waals surface area (Å²) < 4.78 is 5.42. The number of amides is 1. The molecule has 116 valence electrons. The average Bonchev–Trinajstić information content (AvgIpc) is 2.45. The Bertz CT molecular complexity index is 499. The maximum Gasteiger partial charge on any atom is 0.232 e. The molecule has 2 rings (SSSR count). The number of hydrogen-bond acceptors (Lipinski definition) is 4. The van der Waals surface area contributed by atoms with Gasteiger partial charge >= 0.3 is 0 Å². The van der Waals surface area contributed by atoms with Crippen LogP contribution in [0.1, 0.15) is 19.8 Å². The molecule has 21 heavy (non-hydrogen) atoms. The van der Waals surface area contributed by atoms with Crippen LogP contribution in [0.3, 0.4) is 0 Å². The monoisotopic (exact) mass is 331 g/mol. The lowest BCUT2D eigenvalue weighted by Crippen LogP contribution is -2.43. The Kier molecular flexibility index (Phi) is 6.08. The van der Waals surface area contributed by atoms with E-state index in [0.29, 0.717) is 35.1 Å². The molecule has 1 aromatic rings. The summed E-state index contributed by atoms with van der Waals surface area (Å²) in [4.78, 5) is 16.0. The number of nitrogens with one attached hydrogen (secondary N) is 2. The van der Waals surface area contributed by atoms with E-state index in [1.54, 1.807) is 6.07 Å². The predicted octanol–water partition coefficient (Wildman–Crippen LogP) is 2.27. The van der Waals surface area contributed by atoms with Crippen molar-refractivity contribution in [2.75, 3.05) is 19.7 Å². The van der Waals surface area contributed by atoms with E-state index >= 15 is 0 Å². The largest absolute Gasteiger partial charge is 0.475 e. The Morgan fingerprint density at radius 3 is 3.10 bits per heavy atom. The van der Waals surface area contributed by atoms with Gasteiger partial charge in [0.25, 0.3) is 0 Å². The third-order valence-corrected chi connectivity index (χ3v) is 3.89. The Labute approximate surface area is 134 Å². The van der Waals surface area contributed by atoms with E-state index in [9.17, 15) is 4.79 Å². The molecule has 1 saturated heterocycles. The Balaban J connectivity index is 1.70. The SMILES string of the molecule is C[C@H]1C[C@@H](C(=O)NCCOc2ncc(Cl)cc2Cl)CCN1. The highest BCUT2D eigenvalue weighted by molar-refractivity contribution is 6.35. The quantitative estimate of drug-likeness (QED) is 0.812. The van der Waals surface area contributed by atoms with Crippen LogP contribution in [-0.4, -0.2) is 36.6 Å². The van der Waals surface area contributed by atoms with E-state index in [2.05, 4.69) is 22.5 Å². The van der Waals surface area contributed by atoms with Crippen LogP contribution in [0.2, 0.25) is 10.0 Å². The molecule has 2 heterocycles. The Hall–Kier alpha value is -1.04. The molecule has 0 saturated carbocycles. The maximum atomic E-state index is 12.0. The van der Waals surface area contributed by atoms with Crippen LogP contribution >= 0.6 is 23.2 Å². The van der Waals surface area contributed by atoms with Crippen LogP contribution in [0.5, 0.6) is 5.88 Å². The highest BCUT2D eigenvalue weighted by atomic mass is 35.5. The third kappa shape index (κ3) is 5.02. The third-order valence-electron chi connectivity index (χ3n) is 3.41. The van der Waals surface area contributed by atoms with Crippen molar-refractivity contribution < 1.29 is 9.53 Å². The van der Waals surface area contributed by atoms with E-state index in [0.717, 1.165) is 19.4 Å². The Morgan fingerprint density at radius 2 is 2.38 bits per heavy atom. The van der Waals surface area contributed by atoms with Gasteiger partial charge in [-0.15, -0.1) is 0 Å². The number of ether oxygens (including phenoxy) is 1. The van der Waals surface area contributed by atoms with Crippen molar-refractivity contribution in [3.8, 4) is 5.88 Å².